The summed E-state index contributed by atoms with van der Waals surface area (Å²) in [5.41, 5.74) is 2.29. The second-order valence-corrected chi connectivity index (χ2v) is 4.94. The molecule has 1 amide bonds. The van der Waals surface area contributed by atoms with E-state index >= 15 is 0 Å². The molecule has 4 nitrogen and oxygen atoms in total. The van der Waals surface area contributed by atoms with E-state index in [0.717, 1.165) is 24.5 Å². The van der Waals surface area contributed by atoms with Gasteiger partial charge in [-0.2, -0.15) is 0 Å². The molecule has 5 heteroatoms. The quantitative estimate of drug-likeness (QED) is 0.913. The Labute approximate surface area is 129 Å². The summed E-state index contributed by atoms with van der Waals surface area (Å²) < 4.78 is 0. The van der Waals surface area contributed by atoms with Crippen LogP contribution in [0.2, 0.25) is 5.02 Å². The Kier molecular flexibility index (Phi) is 5.17. The van der Waals surface area contributed by atoms with Crippen LogP contribution in [-0.4, -0.2) is 24.0 Å². The third-order valence-electron chi connectivity index (χ3n) is 3.27. The van der Waals surface area contributed by atoms with Gasteiger partial charge in [-0.1, -0.05) is 11.6 Å². The van der Waals surface area contributed by atoms with Crippen LogP contribution in [0.25, 0.3) is 0 Å². The summed E-state index contributed by atoms with van der Waals surface area (Å²) in [4.78, 5) is 18.2. The molecular formula is C16H18ClN3O. The second-order valence-electron chi connectivity index (χ2n) is 4.53. The predicted octanol–water partition coefficient (Wildman–Crippen LogP) is 3.83. The number of amides is 1. The first-order chi connectivity index (χ1) is 10.2. The van der Waals surface area contributed by atoms with Crippen molar-refractivity contribution in [3.8, 4) is 0 Å². The van der Waals surface area contributed by atoms with Gasteiger partial charge in [0.25, 0.3) is 5.91 Å². The van der Waals surface area contributed by atoms with Gasteiger partial charge in [0.2, 0.25) is 0 Å². The molecule has 0 saturated carbocycles. The number of pyridine rings is 1. The fraction of sp³-hybridized carbons (Fsp3) is 0.250. The first kappa shape index (κ1) is 15.3. The zero-order chi connectivity index (χ0) is 15.2. The number of nitrogens with zero attached hydrogens (tertiary/aromatic N) is 2. The summed E-state index contributed by atoms with van der Waals surface area (Å²) in [6, 6.07) is 9.37. The molecule has 0 bridgehead atoms. The van der Waals surface area contributed by atoms with E-state index in [1.165, 1.54) is 6.20 Å². The van der Waals surface area contributed by atoms with E-state index in [1.54, 1.807) is 12.3 Å². The summed E-state index contributed by atoms with van der Waals surface area (Å²) in [6.07, 6.45) is 3.00. The number of nitrogens with one attached hydrogen (secondary N) is 1. The Hall–Kier alpha value is -2.07. The topological polar surface area (TPSA) is 45.2 Å². The second kappa shape index (κ2) is 7.09. The van der Waals surface area contributed by atoms with Crippen molar-refractivity contribution in [1.29, 1.82) is 0 Å². The van der Waals surface area contributed by atoms with Crippen molar-refractivity contribution in [2.45, 2.75) is 13.8 Å². The summed E-state index contributed by atoms with van der Waals surface area (Å²) in [5, 5.41) is 3.17. The van der Waals surface area contributed by atoms with Crippen molar-refractivity contribution in [2.75, 3.05) is 23.3 Å². The van der Waals surface area contributed by atoms with Gasteiger partial charge in [0.1, 0.15) is 0 Å². The number of carbonyl (C=O) groups excluding carboxylic acids is 1. The summed E-state index contributed by atoms with van der Waals surface area (Å²) >= 11 is 5.96. The van der Waals surface area contributed by atoms with E-state index < -0.39 is 0 Å². The number of anilines is 2. The first-order valence-corrected chi connectivity index (χ1v) is 7.29. The highest BCUT2D eigenvalue weighted by atomic mass is 35.5. The minimum Gasteiger partial charge on any atom is -0.372 e. The Morgan fingerprint density at radius 2 is 1.86 bits per heavy atom. The van der Waals surface area contributed by atoms with Gasteiger partial charge in [-0.25, -0.2) is 0 Å². The minimum atomic E-state index is -0.238. The van der Waals surface area contributed by atoms with Gasteiger partial charge >= 0.3 is 0 Å². The van der Waals surface area contributed by atoms with E-state index in [-0.39, 0.29) is 5.91 Å². The van der Waals surface area contributed by atoms with Crippen molar-refractivity contribution in [2.24, 2.45) is 0 Å². The predicted molar refractivity (Wildman–Crippen MR) is 87.2 cm³/mol. The van der Waals surface area contributed by atoms with Gasteiger partial charge in [0.15, 0.2) is 0 Å². The molecule has 0 aliphatic rings. The molecule has 1 aromatic carbocycles. The smallest absolute Gasteiger partial charge is 0.257 e. The van der Waals surface area contributed by atoms with E-state index in [1.807, 2.05) is 24.3 Å². The van der Waals surface area contributed by atoms with Crippen LogP contribution in [-0.2, 0) is 0 Å². The van der Waals surface area contributed by atoms with Crippen molar-refractivity contribution < 1.29 is 4.79 Å². The van der Waals surface area contributed by atoms with Crippen LogP contribution in [0.3, 0.4) is 0 Å². The van der Waals surface area contributed by atoms with Crippen LogP contribution >= 0.6 is 11.6 Å². The average Bonchev–Trinajstić information content (AvgIpc) is 2.50. The van der Waals surface area contributed by atoms with Gasteiger partial charge in [-0.15, -0.1) is 0 Å². The zero-order valence-electron chi connectivity index (χ0n) is 12.1. The van der Waals surface area contributed by atoms with Gasteiger partial charge in [-0.05, 0) is 44.2 Å². The van der Waals surface area contributed by atoms with E-state index in [9.17, 15) is 4.79 Å². The number of carbonyl (C=O) groups is 1. The number of halogens is 1. The van der Waals surface area contributed by atoms with Crippen LogP contribution < -0.4 is 10.2 Å². The normalized spacial score (nSPS) is 10.2. The van der Waals surface area contributed by atoms with Crippen LogP contribution in [0.1, 0.15) is 24.2 Å². The Morgan fingerprint density at radius 1 is 1.19 bits per heavy atom. The standard InChI is InChI=1S/C16H18ClN3O/c1-3-20(4-2)13-7-5-12(6-8-13)19-16(21)14-9-10-18-11-15(14)17/h5-11H,3-4H2,1-2H3,(H,19,21). The lowest BCUT2D eigenvalue weighted by molar-refractivity contribution is 0.102. The van der Waals surface area contributed by atoms with Crippen LogP contribution in [0.4, 0.5) is 11.4 Å². The van der Waals surface area contributed by atoms with Gasteiger partial charge in [0.05, 0.1) is 10.6 Å². The molecule has 1 aromatic heterocycles. The molecule has 2 aromatic rings. The Balaban J connectivity index is 2.10. The molecule has 21 heavy (non-hydrogen) atoms. The largest absolute Gasteiger partial charge is 0.372 e. The molecular weight excluding hydrogens is 286 g/mol. The Morgan fingerprint density at radius 3 is 2.43 bits per heavy atom. The molecule has 110 valence electrons. The first-order valence-electron chi connectivity index (χ1n) is 6.91. The number of hydrogen-bond donors (Lipinski definition) is 1. The monoisotopic (exact) mass is 303 g/mol. The molecule has 1 heterocycles. The summed E-state index contributed by atoms with van der Waals surface area (Å²) in [6.45, 7) is 6.14. The Bertz CT molecular complexity index is 609. The minimum absolute atomic E-state index is 0.238. The molecule has 0 aliphatic carbocycles. The van der Waals surface area contributed by atoms with Crippen molar-refractivity contribution >= 4 is 28.9 Å². The van der Waals surface area contributed by atoms with Crippen LogP contribution in [0.5, 0.6) is 0 Å². The average molecular weight is 304 g/mol. The lowest BCUT2D eigenvalue weighted by Gasteiger charge is -2.21. The van der Waals surface area contributed by atoms with E-state index in [4.69, 9.17) is 11.6 Å². The molecule has 0 radical (unpaired) electrons. The fourth-order valence-electron chi connectivity index (χ4n) is 2.10. The van der Waals surface area contributed by atoms with Crippen molar-refractivity contribution in [3.05, 3.63) is 53.3 Å². The van der Waals surface area contributed by atoms with E-state index in [2.05, 4.69) is 29.0 Å². The van der Waals surface area contributed by atoms with Crippen LogP contribution in [0.15, 0.2) is 42.7 Å². The molecule has 1 N–H and O–H groups in total. The zero-order valence-corrected chi connectivity index (χ0v) is 12.9. The molecule has 0 aliphatic heterocycles. The highest BCUT2D eigenvalue weighted by molar-refractivity contribution is 6.34. The lowest BCUT2D eigenvalue weighted by atomic mass is 10.2. The third-order valence-corrected chi connectivity index (χ3v) is 3.57. The molecule has 0 saturated heterocycles. The lowest BCUT2D eigenvalue weighted by Crippen LogP contribution is -2.21. The molecule has 0 atom stereocenters. The summed E-state index contributed by atoms with van der Waals surface area (Å²) in [5.74, 6) is -0.238. The molecule has 2 rings (SSSR count). The SMILES string of the molecule is CCN(CC)c1ccc(NC(=O)c2ccncc2Cl)cc1. The fourth-order valence-corrected chi connectivity index (χ4v) is 2.31. The number of benzene rings is 1. The highest BCUT2D eigenvalue weighted by Crippen LogP contribution is 2.19. The van der Waals surface area contributed by atoms with Gasteiger partial charge < -0.3 is 10.2 Å². The van der Waals surface area contributed by atoms with Crippen molar-refractivity contribution in [3.63, 3.8) is 0 Å². The number of aromatic nitrogens is 1. The van der Waals surface area contributed by atoms with Gasteiger partial charge in [0, 0.05) is 36.9 Å². The van der Waals surface area contributed by atoms with Crippen molar-refractivity contribution in [1.82, 2.24) is 4.98 Å². The molecule has 0 spiro atoms. The number of rotatable bonds is 5. The highest BCUT2D eigenvalue weighted by Gasteiger charge is 2.10. The third kappa shape index (κ3) is 3.73. The summed E-state index contributed by atoms with van der Waals surface area (Å²) in [7, 11) is 0. The maximum atomic E-state index is 12.1. The van der Waals surface area contributed by atoms with Crippen LogP contribution in [0, 0.1) is 0 Å². The maximum absolute atomic E-state index is 12.1. The van der Waals surface area contributed by atoms with E-state index in [0.29, 0.717) is 10.6 Å². The maximum Gasteiger partial charge on any atom is 0.257 e. The van der Waals surface area contributed by atoms with Gasteiger partial charge in [-0.3, -0.25) is 9.78 Å². The molecule has 0 fully saturated rings. The number of hydrogen-bond acceptors (Lipinski definition) is 3. The molecule has 0 unspecified atom stereocenters.